The van der Waals surface area contributed by atoms with Gasteiger partial charge in [-0.05, 0) is 54.3 Å². The molecule has 1 saturated heterocycles. The summed E-state index contributed by atoms with van der Waals surface area (Å²) >= 11 is 5.67. The molecular weight excluding hydrogens is 383 g/mol. The van der Waals surface area contributed by atoms with Crippen molar-refractivity contribution in [2.24, 2.45) is 0 Å². The van der Waals surface area contributed by atoms with Crippen molar-refractivity contribution in [1.29, 1.82) is 0 Å². The second kappa shape index (κ2) is 7.78. The fraction of sp³-hybridized carbons (Fsp3) is 0.316. The number of hydrogen-bond acceptors (Lipinski definition) is 3. The second-order valence-corrected chi connectivity index (χ2v) is 6.82. The van der Waals surface area contributed by atoms with Gasteiger partial charge < -0.3 is 9.84 Å². The van der Waals surface area contributed by atoms with Gasteiger partial charge in [0.1, 0.15) is 11.9 Å². The zero-order valence-corrected chi connectivity index (χ0v) is 15.1. The Labute approximate surface area is 159 Å². The van der Waals surface area contributed by atoms with Crippen molar-refractivity contribution < 1.29 is 27.8 Å². The van der Waals surface area contributed by atoms with E-state index in [-0.39, 0.29) is 22.3 Å². The van der Waals surface area contributed by atoms with Crippen LogP contribution in [0.5, 0.6) is 5.75 Å². The highest BCUT2D eigenvalue weighted by Crippen LogP contribution is 2.36. The van der Waals surface area contributed by atoms with Gasteiger partial charge in [-0.3, -0.25) is 9.69 Å². The Morgan fingerprint density at radius 1 is 1.26 bits per heavy atom. The smallest absolute Gasteiger partial charge is 0.325 e. The lowest BCUT2D eigenvalue weighted by molar-refractivity contribution is -0.143. The van der Waals surface area contributed by atoms with Crippen molar-refractivity contribution in [2.75, 3.05) is 20.2 Å². The maximum Gasteiger partial charge on any atom is 0.325 e. The van der Waals surface area contributed by atoms with Crippen LogP contribution in [0.15, 0.2) is 30.3 Å². The van der Waals surface area contributed by atoms with Gasteiger partial charge in [0, 0.05) is 6.54 Å². The number of likely N-dealkylation sites (tertiary alicyclic amines) is 1. The van der Waals surface area contributed by atoms with Crippen LogP contribution in [0.1, 0.15) is 29.5 Å². The van der Waals surface area contributed by atoms with Crippen LogP contribution in [0, 0.1) is 17.5 Å². The molecule has 144 valence electrons. The minimum absolute atomic E-state index is 0.0870. The van der Waals surface area contributed by atoms with E-state index < -0.39 is 29.5 Å². The van der Waals surface area contributed by atoms with Gasteiger partial charge in [-0.2, -0.15) is 4.39 Å². The largest absolute Gasteiger partial charge is 0.494 e. The Morgan fingerprint density at radius 2 is 2.00 bits per heavy atom. The quantitative estimate of drug-likeness (QED) is 0.810. The van der Waals surface area contributed by atoms with Gasteiger partial charge in [0.15, 0.2) is 11.6 Å². The first kappa shape index (κ1) is 19.5. The molecule has 0 spiro atoms. The van der Waals surface area contributed by atoms with Gasteiger partial charge in [0.25, 0.3) is 0 Å². The molecular formula is C19H17ClF3NO3. The average molecular weight is 400 g/mol. The summed E-state index contributed by atoms with van der Waals surface area (Å²) in [5.74, 6) is -4.29. The van der Waals surface area contributed by atoms with Gasteiger partial charge in [-0.25, -0.2) is 8.78 Å². The highest BCUT2D eigenvalue weighted by atomic mass is 35.5. The third-order valence-electron chi connectivity index (χ3n) is 4.79. The molecule has 0 saturated carbocycles. The number of aliphatic carboxylic acids is 1. The molecule has 8 heteroatoms. The summed E-state index contributed by atoms with van der Waals surface area (Å²) in [4.78, 5) is 13.5. The minimum Gasteiger partial charge on any atom is -0.494 e. The van der Waals surface area contributed by atoms with E-state index in [1.165, 1.54) is 25.3 Å². The van der Waals surface area contributed by atoms with Crippen LogP contribution in [-0.4, -0.2) is 36.2 Å². The molecule has 0 amide bonds. The van der Waals surface area contributed by atoms with E-state index in [2.05, 4.69) is 0 Å². The van der Waals surface area contributed by atoms with E-state index in [0.29, 0.717) is 25.1 Å². The van der Waals surface area contributed by atoms with E-state index in [0.717, 1.165) is 12.1 Å². The number of carboxylic acid groups (broad SMARTS) is 1. The molecule has 1 aliphatic rings. The highest BCUT2D eigenvalue weighted by Gasteiger charge is 2.35. The summed E-state index contributed by atoms with van der Waals surface area (Å²) in [6.07, 6.45) is 0.550. The first-order valence-corrected chi connectivity index (χ1v) is 8.64. The lowest BCUT2D eigenvalue weighted by Gasteiger charge is -2.25. The van der Waals surface area contributed by atoms with Crippen molar-refractivity contribution in [2.45, 2.75) is 18.4 Å². The Balaban J connectivity index is 1.86. The summed E-state index contributed by atoms with van der Waals surface area (Å²) in [5.41, 5.74) is 0.799. The lowest BCUT2D eigenvalue weighted by Crippen LogP contribution is -2.32. The number of carboxylic acids is 1. The molecule has 27 heavy (non-hydrogen) atoms. The topological polar surface area (TPSA) is 49.8 Å². The first-order valence-electron chi connectivity index (χ1n) is 8.26. The highest BCUT2D eigenvalue weighted by molar-refractivity contribution is 6.30. The molecule has 0 bridgehead atoms. The van der Waals surface area contributed by atoms with Crippen LogP contribution in [0.4, 0.5) is 13.2 Å². The molecule has 1 N–H and O–H groups in total. The third kappa shape index (κ3) is 3.89. The molecule has 3 rings (SSSR count). The van der Waals surface area contributed by atoms with Gasteiger partial charge in [0.05, 0.1) is 12.1 Å². The number of nitrogens with zero attached hydrogens (tertiary/aromatic N) is 1. The number of methoxy groups -OCH3 is 1. The molecule has 2 atom stereocenters. The Kier molecular flexibility index (Phi) is 5.62. The average Bonchev–Trinajstić information content (AvgIpc) is 3.09. The molecule has 2 unspecified atom stereocenters. The number of rotatable bonds is 5. The Bertz CT molecular complexity index is 878. The SMILES string of the molecule is COc1cc(C2CCN(C(C(=O)O)c3ccc(Cl)c(F)c3)C2)cc(F)c1F. The predicted molar refractivity (Wildman–Crippen MR) is 93.6 cm³/mol. The molecule has 0 aliphatic carbocycles. The predicted octanol–water partition coefficient (Wildman–Crippen LogP) is 4.38. The van der Waals surface area contributed by atoms with Crippen molar-refractivity contribution in [3.63, 3.8) is 0 Å². The standard InChI is InChI=1S/C19H17ClF3NO3/c1-27-16-8-12(7-15(22)17(16)23)11-4-5-24(9-11)18(19(25)26)10-2-3-13(20)14(21)6-10/h2-3,6-8,11,18H,4-5,9H2,1H3,(H,25,26). The van der Waals surface area contributed by atoms with Crippen LogP contribution in [-0.2, 0) is 4.79 Å². The fourth-order valence-corrected chi connectivity index (χ4v) is 3.57. The van der Waals surface area contributed by atoms with Crippen LogP contribution in [0.2, 0.25) is 5.02 Å². The molecule has 2 aromatic carbocycles. The lowest BCUT2D eigenvalue weighted by atomic mass is 9.97. The Hall–Kier alpha value is -2.25. The molecule has 1 aliphatic heterocycles. The third-order valence-corrected chi connectivity index (χ3v) is 5.09. The second-order valence-electron chi connectivity index (χ2n) is 6.41. The number of hydrogen-bond donors (Lipinski definition) is 1. The van der Waals surface area contributed by atoms with E-state index in [1.807, 2.05) is 0 Å². The fourth-order valence-electron chi connectivity index (χ4n) is 3.45. The van der Waals surface area contributed by atoms with E-state index in [4.69, 9.17) is 16.3 Å². The summed E-state index contributed by atoms with van der Waals surface area (Å²) in [6.45, 7) is 0.711. The molecule has 0 radical (unpaired) electrons. The molecule has 1 heterocycles. The maximum absolute atomic E-state index is 13.8. The van der Waals surface area contributed by atoms with Crippen LogP contribution in [0.25, 0.3) is 0 Å². The van der Waals surface area contributed by atoms with Crippen LogP contribution in [0.3, 0.4) is 0 Å². The summed E-state index contributed by atoms with van der Waals surface area (Å²) in [7, 11) is 1.25. The summed E-state index contributed by atoms with van der Waals surface area (Å²) < 4.78 is 46.0. The number of carbonyl (C=O) groups is 1. The summed E-state index contributed by atoms with van der Waals surface area (Å²) in [5, 5.41) is 9.55. The van der Waals surface area contributed by atoms with Crippen LogP contribution >= 0.6 is 11.6 Å². The van der Waals surface area contributed by atoms with Gasteiger partial charge in [-0.1, -0.05) is 17.7 Å². The van der Waals surface area contributed by atoms with Crippen molar-refractivity contribution >= 4 is 17.6 Å². The van der Waals surface area contributed by atoms with Crippen molar-refractivity contribution in [1.82, 2.24) is 4.90 Å². The molecule has 2 aromatic rings. The maximum atomic E-state index is 13.8. The minimum atomic E-state index is -1.12. The van der Waals surface area contributed by atoms with Gasteiger partial charge in [0.2, 0.25) is 5.82 Å². The van der Waals surface area contributed by atoms with Gasteiger partial charge in [-0.15, -0.1) is 0 Å². The number of halogens is 4. The molecule has 1 fully saturated rings. The monoisotopic (exact) mass is 399 g/mol. The number of ether oxygens (including phenoxy) is 1. The van der Waals surface area contributed by atoms with E-state index >= 15 is 0 Å². The number of benzene rings is 2. The van der Waals surface area contributed by atoms with E-state index in [9.17, 15) is 23.1 Å². The zero-order chi connectivity index (χ0) is 19.7. The zero-order valence-electron chi connectivity index (χ0n) is 14.4. The normalized spacial score (nSPS) is 18.5. The van der Waals surface area contributed by atoms with Crippen molar-refractivity contribution in [3.8, 4) is 5.75 Å². The van der Waals surface area contributed by atoms with Crippen molar-refractivity contribution in [3.05, 3.63) is 63.9 Å². The molecule has 4 nitrogen and oxygen atoms in total. The summed E-state index contributed by atoms with van der Waals surface area (Å²) in [6, 6.07) is 5.35. The van der Waals surface area contributed by atoms with Gasteiger partial charge >= 0.3 is 5.97 Å². The Morgan fingerprint density at radius 3 is 2.63 bits per heavy atom. The first-order chi connectivity index (χ1) is 12.8. The van der Waals surface area contributed by atoms with E-state index in [1.54, 1.807) is 4.90 Å². The molecule has 0 aromatic heterocycles. The van der Waals surface area contributed by atoms with Crippen LogP contribution < -0.4 is 4.74 Å².